The zero-order valence-electron chi connectivity index (χ0n) is 24.7. The molecule has 0 aliphatic heterocycles. The van der Waals surface area contributed by atoms with Crippen LogP contribution in [0.15, 0.2) is 97.1 Å². The topological polar surface area (TPSA) is 105 Å². The first kappa shape index (κ1) is 31.3. The minimum absolute atomic E-state index is 0.272. The second kappa shape index (κ2) is 13.9. The second-order valence-electron chi connectivity index (χ2n) is 11.4. The molecule has 0 heterocycles. The van der Waals surface area contributed by atoms with Crippen molar-refractivity contribution in [1.82, 2.24) is 15.5 Å². The van der Waals surface area contributed by atoms with Crippen LogP contribution in [-0.4, -0.2) is 53.8 Å². The van der Waals surface area contributed by atoms with Gasteiger partial charge >= 0.3 is 0 Å². The molecule has 216 valence electrons. The van der Waals surface area contributed by atoms with Gasteiger partial charge in [-0.1, -0.05) is 91.0 Å². The molecule has 0 aliphatic carbocycles. The van der Waals surface area contributed by atoms with Crippen LogP contribution in [0.5, 0.6) is 0 Å². The normalized spacial score (nSPS) is 13.7. The van der Waals surface area contributed by atoms with Gasteiger partial charge in [0.1, 0.15) is 11.6 Å². The van der Waals surface area contributed by atoms with Crippen molar-refractivity contribution < 1.29 is 14.4 Å². The molecule has 0 aliphatic rings. The number of carbonyl (C=O) groups is 3. The summed E-state index contributed by atoms with van der Waals surface area (Å²) in [6.45, 7) is 5.47. The van der Waals surface area contributed by atoms with Gasteiger partial charge in [0.2, 0.25) is 17.7 Å². The van der Waals surface area contributed by atoms with Gasteiger partial charge in [0, 0.05) is 32.5 Å². The number of hydrogen-bond donors (Lipinski definition) is 3. The fourth-order valence-electron chi connectivity index (χ4n) is 4.64. The lowest BCUT2D eigenvalue weighted by molar-refractivity contribution is -0.139. The monoisotopic (exact) mass is 554 g/mol. The molecular weight excluding hydrogens is 512 g/mol. The largest absolute Gasteiger partial charge is 0.357 e. The Morgan fingerprint density at radius 1 is 0.854 bits per heavy atom. The minimum Gasteiger partial charge on any atom is -0.357 e. The highest BCUT2D eigenvalue weighted by molar-refractivity contribution is 5.96. The molecular formula is C34H42N4O3. The lowest BCUT2D eigenvalue weighted by atomic mass is 9.90. The molecule has 4 N–H and O–H groups in total. The Hall–Kier alpha value is -4.23. The van der Waals surface area contributed by atoms with Crippen molar-refractivity contribution in [2.24, 2.45) is 5.73 Å². The molecule has 7 heteroatoms. The summed E-state index contributed by atoms with van der Waals surface area (Å²) < 4.78 is 0. The summed E-state index contributed by atoms with van der Waals surface area (Å²) >= 11 is 0. The number of nitrogens with zero attached hydrogens (tertiary/aromatic N) is 1. The Morgan fingerprint density at radius 3 is 1.98 bits per heavy atom. The molecule has 0 saturated carbocycles. The summed E-state index contributed by atoms with van der Waals surface area (Å²) in [5, 5.41) is 5.66. The first-order chi connectivity index (χ1) is 19.4. The zero-order valence-corrected chi connectivity index (χ0v) is 24.7. The van der Waals surface area contributed by atoms with Gasteiger partial charge in [0.25, 0.3) is 0 Å². The van der Waals surface area contributed by atoms with Gasteiger partial charge in [-0.25, -0.2) is 0 Å². The Bertz CT molecular complexity index is 1330. The van der Waals surface area contributed by atoms with E-state index in [0.29, 0.717) is 12.8 Å². The van der Waals surface area contributed by atoms with Gasteiger partial charge in [0.15, 0.2) is 0 Å². The first-order valence-corrected chi connectivity index (χ1v) is 13.9. The lowest BCUT2D eigenvalue weighted by Gasteiger charge is -2.34. The Morgan fingerprint density at radius 2 is 1.41 bits per heavy atom. The van der Waals surface area contributed by atoms with Crippen LogP contribution in [0.25, 0.3) is 11.1 Å². The van der Waals surface area contributed by atoms with E-state index >= 15 is 0 Å². The summed E-state index contributed by atoms with van der Waals surface area (Å²) in [6.07, 6.45) is 4.26. The van der Waals surface area contributed by atoms with Crippen molar-refractivity contribution in [3.05, 3.63) is 108 Å². The Kier molecular flexibility index (Phi) is 10.6. The SMILES string of the molecule is CNC(=O)[C@@](C)(Cc1ccccc1)NC(=O)[C@@H](Cc1ccc(-c2ccccc2)cc1)N(C)C(=O)C=CCC(C)(C)N. The zero-order chi connectivity index (χ0) is 30.0. The second-order valence-corrected chi connectivity index (χ2v) is 11.4. The number of nitrogens with two attached hydrogens (primary N) is 1. The van der Waals surface area contributed by atoms with Crippen molar-refractivity contribution in [1.29, 1.82) is 0 Å². The molecule has 0 bridgehead atoms. The number of likely N-dealkylation sites (N-methyl/N-ethyl adjacent to an activating group) is 2. The number of rotatable bonds is 12. The van der Waals surface area contributed by atoms with Gasteiger partial charge in [0.05, 0.1) is 0 Å². The van der Waals surface area contributed by atoms with Gasteiger partial charge < -0.3 is 21.3 Å². The number of nitrogens with one attached hydrogen (secondary N) is 2. The average molecular weight is 555 g/mol. The molecule has 0 radical (unpaired) electrons. The van der Waals surface area contributed by atoms with E-state index in [1.54, 1.807) is 27.1 Å². The van der Waals surface area contributed by atoms with Crippen LogP contribution in [0.2, 0.25) is 0 Å². The molecule has 0 saturated heterocycles. The third-order valence-corrected chi connectivity index (χ3v) is 7.04. The van der Waals surface area contributed by atoms with E-state index in [9.17, 15) is 14.4 Å². The number of amides is 3. The van der Waals surface area contributed by atoms with E-state index in [2.05, 4.69) is 10.6 Å². The van der Waals surface area contributed by atoms with E-state index in [1.807, 2.05) is 98.8 Å². The molecule has 0 aromatic heterocycles. The van der Waals surface area contributed by atoms with Crippen LogP contribution >= 0.6 is 0 Å². The predicted octanol–water partition coefficient (Wildman–Crippen LogP) is 4.27. The maximum atomic E-state index is 13.9. The highest BCUT2D eigenvalue weighted by atomic mass is 16.2. The molecule has 3 rings (SSSR count). The van der Waals surface area contributed by atoms with Crippen LogP contribution < -0.4 is 16.4 Å². The maximum absolute atomic E-state index is 13.9. The van der Waals surface area contributed by atoms with Crippen LogP contribution in [0.3, 0.4) is 0 Å². The van der Waals surface area contributed by atoms with E-state index < -0.39 is 23.0 Å². The predicted molar refractivity (Wildman–Crippen MR) is 165 cm³/mol. The van der Waals surface area contributed by atoms with Gasteiger partial charge in [-0.2, -0.15) is 0 Å². The summed E-state index contributed by atoms with van der Waals surface area (Å²) in [5.74, 6) is -1.05. The van der Waals surface area contributed by atoms with Crippen molar-refractivity contribution in [2.75, 3.05) is 14.1 Å². The Balaban J connectivity index is 1.89. The molecule has 3 aromatic rings. The van der Waals surface area contributed by atoms with Crippen molar-refractivity contribution >= 4 is 17.7 Å². The standard InChI is InChI=1S/C34H42N4O3/c1-33(2,35)22-12-17-30(39)38(5)29(23-25-18-20-28(21-19-25)27-15-10-7-11-16-27)31(40)37-34(3,32(41)36-4)24-26-13-8-6-9-14-26/h6-21,29H,22-24,35H2,1-5H3,(H,36,41)(H,37,40)/t29-,34-/m1/s1. The molecule has 3 aromatic carbocycles. The van der Waals surface area contributed by atoms with E-state index in [-0.39, 0.29) is 18.2 Å². The summed E-state index contributed by atoms with van der Waals surface area (Å²) in [6, 6.07) is 26.6. The number of carbonyl (C=O) groups excluding carboxylic acids is 3. The number of hydrogen-bond acceptors (Lipinski definition) is 4. The van der Waals surface area contributed by atoms with Crippen LogP contribution in [0.1, 0.15) is 38.3 Å². The summed E-state index contributed by atoms with van der Waals surface area (Å²) in [4.78, 5) is 41.6. The van der Waals surface area contributed by atoms with Crippen molar-refractivity contribution in [2.45, 2.75) is 57.2 Å². The third kappa shape index (κ3) is 9.15. The van der Waals surface area contributed by atoms with Crippen molar-refractivity contribution in [3.63, 3.8) is 0 Å². The highest BCUT2D eigenvalue weighted by Gasteiger charge is 2.38. The molecule has 41 heavy (non-hydrogen) atoms. The lowest BCUT2D eigenvalue weighted by Crippen LogP contribution is -2.61. The average Bonchev–Trinajstić information content (AvgIpc) is 2.95. The quantitative estimate of drug-likeness (QED) is 0.291. The summed E-state index contributed by atoms with van der Waals surface area (Å²) in [7, 11) is 3.15. The highest BCUT2D eigenvalue weighted by Crippen LogP contribution is 2.21. The van der Waals surface area contributed by atoms with E-state index in [1.165, 1.54) is 11.0 Å². The minimum atomic E-state index is -1.23. The van der Waals surface area contributed by atoms with Crippen LogP contribution in [-0.2, 0) is 27.2 Å². The van der Waals surface area contributed by atoms with Gasteiger partial charge in [-0.3, -0.25) is 14.4 Å². The smallest absolute Gasteiger partial charge is 0.246 e. The first-order valence-electron chi connectivity index (χ1n) is 13.9. The number of benzene rings is 3. The molecule has 0 unspecified atom stereocenters. The van der Waals surface area contributed by atoms with Gasteiger partial charge in [-0.15, -0.1) is 0 Å². The molecule has 0 spiro atoms. The molecule has 0 fully saturated rings. The van der Waals surface area contributed by atoms with Crippen molar-refractivity contribution in [3.8, 4) is 11.1 Å². The maximum Gasteiger partial charge on any atom is 0.246 e. The van der Waals surface area contributed by atoms with Crippen LogP contribution in [0.4, 0.5) is 0 Å². The fourth-order valence-corrected chi connectivity index (χ4v) is 4.64. The molecule has 3 amide bonds. The van der Waals surface area contributed by atoms with E-state index in [0.717, 1.165) is 22.3 Å². The molecule has 7 nitrogen and oxygen atoms in total. The van der Waals surface area contributed by atoms with Gasteiger partial charge in [-0.05, 0) is 55.5 Å². The molecule has 2 atom stereocenters. The summed E-state index contributed by atoms with van der Waals surface area (Å²) in [5.41, 5.74) is 8.32. The van der Waals surface area contributed by atoms with E-state index in [4.69, 9.17) is 5.73 Å². The fraction of sp³-hybridized carbons (Fsp3) is 0.324. The Labute approximate surface area is 243 Å². The third-order valence-electron chi connectivity index (χ3n) is 7.04. The van der Waals surface area contributed by atoms with Crippen LogP contribution in [0, 0.1) is 0 Å².